The average molecular weight is 446 g/mol. The van der Waals surface area contributed by atoms with E-state index in [1.54, 1.807) is 43.2 Å². The third kappa shape index (κ3) is 3.78. The fraction of sp³-hybridized carbons (Fsp3) is 0.250. The number of carbonyl (C=O) groups excluding carboxylic acids is 1. The van der Waals surface area contributed by atoms with Gasteiger partial charge in [0.2, 0.25) is 11.1 Å². The number of aromatic nitrogens is 3. The molecule has 3 aromatic rings. The highest BCUT2D eigenvalue weighted by Crippen LogP contribution is 2.39. The summed E-state index contributed by atoms with van der Waals surface area (Å²) in [6.45, 7) is 1.84. The molecule has 0 saturated heterocycles. The molecule has 0 radical (unpaired) electrons. The Labute approximate surface area is 182 Å². The third-order valence-electron chi connectivity index (χ3n) is 4.76. The SMILES string of the molecule is COc1ccc([C@@H]2Nn3c(C)nnc3S[C@H]2C(=O)Nc2ccccc2OC)cc1Cl. The van der Waals surface area contributed by atoms with Gasteiger partial charge >= 0.3 is 0 Å². The molecule has 4 rings (SSSR count). The number of anilines is 1. The van der Waals surface area contributed by atoms with Gasteiger partial charge in [0.05, 0.1) is 31.0 Å². The Balaban J connectivity index is 1.69. The maximum atomic E-state index is 13.3. The van der Waals surface area contributed by atoms with Crippen LogP contribution in [0.4, 0.5) is 5.69 Å². The van der Waals surface area contributed by atoms with Gasteiger partial charge in [0.15, 0.2) is 0 Å². The lowest BCUT2D eigenvalue weighted by atomic mass is 10.0. The number of hydrogen-bond donors (Lipinski definition) is 2. The molecule has 0 unspecified atom stereocenters. The van der Waals surface area contributed by atoms with Gasteiger partial charge in [0.25, 0.3) is 0 Å². The van der Waals surface area contributed by atoms with Gasteiger partial charge in [0, 0.05) is 0 Å². The summed E-state index contributed by atoms with van der Waals surface area (Å²) in [5.41, 5.74) is 4.79. The molecule has 8 nitrogen and oxygen atoms in total. The van der Waals surface area contributed by atoms with Gasteiger partial charge in [-0.15, -0.1) is 10.2 Å². The van der Waals surface area contributed by atoms with Crippen molar-refractivity contribution in [1.29, 1.82) is 0 Å². The number of rotatable bonds is 5. The van der Waals surface area contributed by atoms with E-state index >= 15 is 0 Å². The molecule has 0 spiro atoms. The standard InChI is InChI=1S/C20H20ClN5O3S/c1-11-23-24-20-26(11)25-17(12-8-9-15(28-2)13(21)10-12)18(30-20)19(27)22-14-6-4-5-7-16(14)29-3/h4-10,17-18,25H,1-3H3,(H,22,27)/t17-,18+/m0/s1. The molecule has 1 amide bonds. The summed E-state index contributed by atoms with van der Waals surface area (Å²) in [4.78, 5) is 13.3. The minimum Gasteiger partial charge on any atom is -0.495 e. The largest absolute Gasteiger partial charge is 0.495 e. The number of nitrogens with one attached hydrogen (secondary N) is 2. The van der Waals surface area contributed by atoms with E-state index in [0.29, 0.717) is 33.2 Å². The number of halogens is 1. The molecule has 10 heteroatoms. The first-order valence-electron chi connectivity index (χ1n) is 9.14. The molecule has 2 heterocycles. The van der Waals surface area contributed by atoms with Crippen molar-refractivity contribution in [3.8, 4) is 11.5 Å². The predicted molar refractivity (Wildman–Crippen MR) is 116 cm³/mol. The van der Waals surface area contributed by atoms with E-state index < -0.39 is 5.25 Å². The van der Waals surface area contributed by atoms with Crippen LogP contribution in [-0.4, -0.2) is 40.3 Å². The van der Waals surface area contributed by atoms with Crippen LogP contribution in [0.15, 0.2) is 47.6 Å². The molecule has 0 aliphatic carbocycles. The molecule has 30 heavy (non-hydrogen) atoms. The second kappa shape index (κ2) is 8.45. The smallest absolute Gasteiger partial charge is 0.240 e. The van der Waals surface area contributed by atoms with E-state index in [1.807, 2.05) is 25.1 Å². The maximum Gasteiger partial charge on any atom is 0.240 e. The summed E-state index contributed by atoms with van der Waals surface area (Å²) < 4.78 is 12.4. The predicted octanol–water partition coefficient (Wildman–Crippen LogP) is 3.65. The van der Waals surface area contributed by atoms with Gasteiger partial charge < -0.3 is 20.2 Å². The van der Waals surface area contributed by atoms with Crippen LogP contribution in [0.25, 0.3) is 0 Å². The average Bonchev–Trinajstić information content (AvgIpc) is 3.13. The number of para-hydroxylation sites is 2. The number of hydrogen-bond acceptors (Lipinski definition) is 7. The number of carbonyl (C=O) groups is 1. The minimum absolute atomic E-state index is 0.194. The van der Waals surface area contributed by atoms with Crippen LogP contribution < -0.4 is 20.2 Å². The first-order valence-corrected chi connectivity index (χ1v) is 10.4. The number of ether oxygens (including phenoxy) is 2. The molecule has 1 aliphatic heterocycles. The van der Waals surface area contributed by atoms with Crippen molar-refractivity contribution in [1.82, 2.24) is 14.9 Å². The van der Waals surface area contributed by atoms with E-state index in [9.17, 15) is 4.79 Å². The second-order valence-electron chi connectivity index (χ2n) is 6.59. The summed E-state index contributed by atoms with van der Waals surface area (Å²) in [5, 5.41) is 11.8. The molecule has 0 bridgehead atoms. The van der Waals surface area contributed by atoms with Crippen LogP contribution in [0.2, 0.25) is 5.02 Å². The third-order valence-corrected chi connectivity index (χ3v) is 6.27. The zero-order chi connectivity index (χ0) is 21.3. The van der Waals surface area contributed by atoms with Gasteiger partial charge in [-0.25, -0.2) is 4.68 Å². The number of fused-ring (bicyclic) bond motifs is 1. The van der Waals surface area contributed by atoms with Crippen LogP contribution in [0, 0.1) is 6.92 Å². The Hall–Kier alpha value is -2.91. The Morgan fingerprint density at radius 3 is 2.67 bits per heavy atom. The highest BCUT2D eigenvalue weighted by Gasteiger charge is 2.38. The van der Waals surface area contributed by atoms with E-state index in [0.717, 1.165) is 5.56 Å². The lowest BCUT2D eigenvalue weighted by Crippen LogP contribution is -2.41. The first-order chi connectivity index (χ1) is 14.5. The van der Waals surface area contributed by atoms with Crippen molar-refractivity contribution in [2.75, 3.05) is 25.0 Å². The number of amides is 1. The highest BCUT2D eigenvalue weighted by atomic mass is 35.5. The number of aryl methyl sites for hydroxylation is 1. The first kappa shape index (κ1) is 20.4. The normalized spacial score (nSPS) is 17.6. The number of thioether (sulfide) groups is 1. The molecule has 0 saturated carbocycles. The summed E-state index contributed by atoms with van der Waals surface area (Å²) in [5.74, 6) is 1.66. The molecule has 2 atom stereocenters. The van der Waals surface area contributed by atoms with Crippen LogP contribution in [0.1, 0.15) is 17.4 Å². The Morgan fingerprint density at radius 1 is 1.17 bits per heavy atom. The van der Waals surface area contributed by atoms with E-state index in [4.69, 9.17) is 21.1 Å². The lowest BCUT2D eigenvalue weighted by molar-refractivity contribution is -0.116. The second-order valence-corrected chi connectivity index (χ2v) is 8.11. The van der Waals surface area contributed by atoms with E-state index in [1.165, 1.54) is 11.8 Å². The monoisotopic (exact) mass is 445 g/mol. The van der Waals surface area contributed by atoms with Crippen molar-refractivity contribution >= 4 is 35.0 Å². The zero-order valence-electron chi connectivity index (χ0n) is 16.5. The molecule has 2 N–H and O–H groups in total. The van der Waals surface area contributed by atoms with Crippen molar-refractivity contribution < 1.29 is 14.3 Å². The van der Waals surface area contributed by atoms with Crippen LogP contribution >= 0.6 is 23.4 Å². The topological polar surface area (TPSA) is 90.3 Å². The number of nitrogens with zero attached hydrogens (tertiary/aromatic N) is 3. The van der Waals surface area contributed by atoms with Gasteiger partial charge in [-0.3, -0.25) is 4.79 Å². The van der Waals surface area contributed by atoms with Gasteiger partial charge in [-0.05, 0) is 36.8 Å². The molecule has 1 aliphatic rings. The van der Waals surface area contributed by atoms with E-state index in [-0.39, 0.29) is 11.9 Å². The molecular formula is C20H20ClN5O3S. The molecule has 156 valence electrons. The van der Waals surface area contributed by atoms with Crippen LogP contribution in [0.5, 0.6) is 11.5 Å². The molecule has 1 aromatic heterocycles. The fourth-order valence-corrected chi connectivity index (χ4v) is 4.63. The van der Waals surface area contributed by atoms with Gasteiger partial charge in [-0.2, -0.15) is 0 Å². The summed E-state index contributed by atoms with van der Waals surface area (Å²) in [7, 11) is 3.13. The summed E-state index contributed by atoms with van der Waals surface area (Å²) in [6, 6.07) is 12.4. The van der Waals surface area contributed by atoms with Crippen molar-refractivity contribution in [3.63, 3.8) is 0 Å². The van der Waals surface area contributed by atoms with Crippen LogP contribution in [0.3, 0.4) is 0 Å². The quantitative estimate of drug-likeness (QED) is 0.619. The number of benzene rings is 2. The summed E-state index contributed by atoms with van der Waals surface area (Å²) >= 11 is 7.68. The van der Waals surface area contributed by atoms with E-state index in [2.05, 4.69) is 20.9 Å². The Kier molecular flexibility index (Phi) is 5.74. The molecule has 0 fully saturated rings. The Bertz CT molecular complexity index is 1090. The highest BCUT2D eigenvalue weighted by molar-refractivity contribution is 8.00. The zero-order valence-corrected chi connectivity index (χ0v) is 18.1. The maximum absolute atomic E-state index is 13.3. The van der Waals surface area contributed by atoms with Crippen molar-refractivity contribution in [2.24, 2.45) is 0 Å². The summed E-state index contributed by atoms with van der Waals surface area (Å²) in [6.07, 6.45) is 0. The fourth-order valence-electron chi connectivity index (χ4n) is 3.24. The van der Waals surface area contributed by atoms with Gasteiger partial charge in [-0.1, -0.05) is 41.6 Å². The van der Waals surface area contributed by atoms with Crippen molar-refractivity contribution in [3.05, 3.63) is 58.9 Å². The molecular weight excluding hydrogens is 426 g/mol. The van der Waals surface area contributed by atoms with Gasteiger partial charge in [0.1, 0.15) is 22.6 Å². The Morgan fingerprint density at radius 2 is 1.93 bits per heavy atom. The lowest BCUT2D eigenvalue weighted by Gasteiger charge is -2.33. The van der Waals surface area contributed by atoms with Crippen molar-refractivity contribution in [2.45, 2.75) is 23.4 Å². The molecule has 2 aromatic carbocycles. The van der Waals surface area contributed by atoms with Crippen LogP contribution in [-0.2, 0) is 4.79 Å². The minimum atomic E-state index is -0.532. The number of methoxy groups -OCH3 is 2.